The van der Waals surface area contributed by atoms with E-state index < -0.39 is 0 Å². The average molecular weight is 228 g/mol. The maximum absolute atomic E-state index is 11.6. The summed E-state index contributed by atoms with van der Waals surface area (Å²) in [6.45, 7) is 5.49. The van der Waals surface area contributed by atoms with Crippen molar-refractivity contribution in [2.45, 2.75) is 26.9 Å². The first kappa shape index (κ1) is 11.6. The van der Waals surface area contributed by atoms with Crippen molar-refractivity contribution in [2.24, 2.45) is 0 Å². The molecule has 0 spiro atoms. The summed E-state index contributed by atoms with van der Waals surface area (Å²) >= 11 is 0. The van der Waals surface area contributed by atoms with E-state index in [9.17, 15) is 4.79 Å². The summed E-state index contributed by atoms with van der Waals surface area (Å²) in [4.78, 5) is 11.6. The maximum Gasteiger partial charge on any atom is 0.163 e. The molecule has 2 rings (SSSR count). The van der Waals surface area contributed by atoms with Crippen LogP contribution < -0.4 is 4.74 Å². The molecule has 0 amide bonds. The Kier molecular flexibility index (Phi) is 3.14. The Morgan fingerprint density at radius 2 is 1.82 bits per heavy atom. The topological polar surface area (TPSA) is 26.3 Å². The number of ether oxygens (including phenoxy) is 1. The van der Waals surface area contributed by atoms with Gasteiger partial charge >= 0.3 is 0 Å². The molecule has 2 aromatic rings. The third-order valence-corrected chi connectivity index (χ3v) is 2.61. The molecular weight excluding hydrogens is 212 g/mol. The average Bonchev–Trinajstić information content (AvgIpc) is 2.28. The zero-order valence-electron chi connectivity index (χ0n) is 10.4. The van der Waals surface area contributed by atoms with Crippen molar-refractivity contribution in [1.82, 2.24) is 0 Å². The quantitative estimate of drug-likeness (QED) is 0.746. The van der Waals surface area contributed by atoms with E-state index in [0.29, 0.717) is 11.3 Å². The molecule has 0 atom stereocenters. The van der Waals surface area contributed by atoms with Gasteiger partial charge in [-0.1, -0.05) is 30.3 Å². The van der Waals surface area contributed by atoms with E-state index in [1.165, 1.54) is 0 Å². The minimum Gasteiger partial charge on any atom is -0.490 e. The van der Waals surface area contributed by atoms with Gasteiger partial charge in [-0.15, -0.1) is 0 Å². The molecule has 0 aromatic heterocycles. The molecule has 2 aromatic carbocycles. The van der Waals surface area contributed by atoms with Gasteiger partial charge in [-0.05, 0) is 32.2 Å². The molecule has 88 valence electrons. The monoisotopic (exact) mass is 228 g/mol. The van der Waals surface area contributed by atoms with Crippen LogP contribution in [-0.4, -0.2) is 11.9 Å². The molecule has 0 bridgehead atoms. The van der Waals surface area contributed by atoms with E-state index in [-0.39, 0.29) is 11.9 Å². The normalized spacial score (nSPS) is 10.8. The Bertz CT molecular complexity index is 556. The Morgan fingerprint density at radius 3 is 2.47 bits per heavy atom. The summed E-state index contributed by atoms with van der Waals surface area (Å²) in [7, 11) is 0. The fourth-order valence-corrected chi connectivity index (χ4v) is 1.88. The number of hydrogen-bond donors (Lipinski definition) is 0. The van der Waals surface area contributed by atoms with Gasteiger partial charge in [0.15, 0.2) is 5.78 Å². The van der Waals surface area contributed by atoms with Gasteiger partial charge in [0.25, 0.3) is 0 Å². The highest BCUT2D eigenvalue weighted by atomic mass is 16.5. The maximum atomic E-state index is 11.6. The van der Waals surface area contributed by atoms with Crippen LogP contribution in [-0.2, 0) is 0 Å². The molecule has 0 aliphatic rings. The van der Waals surface area contributed by atoms with Crippen LogP contribution >= 0.6 is 0 Å². The van der Waals surface area contributed by atoms with Crippen molar-refractivity contribution in [3.05, 3.63) is 42.0 Å². The van der Waals surface area contributed by atoms with Gasteiger partial charge in [0.05, 0.1) is 11.7 Å². The van der Waals surface area contributed by atoms with Crippen LogP contribution in [0.1, 0.15) is 31.1 Å². The minimum absolute atomic E-state index is 0.0337. The first-order valence-corrected chi connectivity index (χ1v) is 5.79. The van der Waals surface area contributed by atoms with Gasteiger partial charge in [0, 0.05) is 5.39 Å². The highest BCUT2D eigenvalue weighted by molar-refractivity contribution is 6.03. The summed E-state index contributed by atoms with van der Waals surface area (Å²) in [5, 5.41) is 2.09. The predicted molar refractivity (Wildman–Crippen MR) is 69.7 cm³/mol. The van der Waals surface area contributed by atoms with Crippen molar-refractivity contribution >= 4 is 16.6 Å². The van der Waals surface area contributed by atoms with Crippen molar-refractivity contribution in [3.8, 4) is 5.75 Å². The van der Waals surface area contributed by atoms with Crippen LogP contribution in [0, 0.1) is 0 Å². The fraction of sp³-hybridized carbons (Fsp3) is 0.267. The Hall–Kier alpha value is -1.83. The Labute approximate surface area is 101 Å². The SMILES string of the molecule is CC(=O)c1ccc2ccccc2c1OC(C)C. The second-order valence-electron chi connectivity index (χ2n) is 4.39. The number of ketones is 1. The van der Waals surface area contributed by atoms with Crippen LogP contribution in [0.2, 0.25) is 0 Å². The third kappa shape index (κ3) is 2.31. The zero-order valence-corrected chi connectivity index (χ0v) is 10.4. The molecule has 0 fully saturated rings. The minimum atomic E-state index is 0.0337. The Morgan fingerprint density at radius 1 is 1.12 bits per heavy atom. The standard InChI is InChI=1S/C15H16O2/c1-10(2)17-15-13(11(3)16)9-8-12-6-4-5-7-14(12)15/h4-10H,1-3H3. The number of benzene rings is 2. The molecule has 0 saturated carbocycles. The van der Waals surface area contributed by atoms with Crippen LogP contribution in [0.3, 0.4) is 0 Å². The summed E-state index contributed by atoms with van der Waals surface area (Å²) < 4.78 is 5.80. The zero-order chi connectivity index (χ0) is 12.4. The lowest BCUT2D eigenvalue weighted by Crippen LogP contribution is -2.09. The molecule has 0 aliphatic heterocycles. The van der Waals surface area contributed by atoms with Crippen LogP contribution in [0.4, 0.5) is 0 Å². The van der Waals surface area contributed by atoms with E-state index in [4.69, 9.17) is 4.74 Å². The number of Topliss-reactive ketones (excluding diaryl/α,β-unsaturated/α-hetero) is 1. The second kappa shape index (κ2) is 4.58. The summed E-state index contributed by atoms with van der Waals surface area (Å²) in [6.07, 6.45) is 0.0545. The largest absolute Gasteiger partial charge is 0.490 e. The van der Waals surface area contributed by atoms with Gasteiger partial charge in [0.1, 0.15) is 5.75 Å². The van der Waals surface area contributed by atoms with Gasteiger partial charge in [0.2, 0.25) is 0 Å². The van der Waals surface area contributed by atoms with E-state index in [2.05, 4.69) is 0 Å². The fourth-order valence-electron chi connectivity index (χ4n) is 1.88. The number of carbonyl (C=O) groups excluding carboxylic acids is 1. The molecule has 0 heterocycles. The predicted octanol–water partition coefficient (Wildman–Crippen LogP) is 3.83. The van der Waals surface area contributed by atoms with Gasteiger partial charge < -0.3 is 4.74 Å². The molecule has 2 heteroatoms. The van der Waals surface area contributed by atoms with Crippen molar-refractivity contribution < 1.29 is 9.53 Å². The van der Waals surface area contributed by atoms with E-state index in [0.717, 1.165) is 10.8 Å². The summed E-state index contributed by atoms with van der Waals surface area (Å²) in [6, 6.07) is 11.7. The smallest absolute Gasteiger partial charge is 0.163 e. The van der Waals surface area contributed by atoms with Crippen LogP contribution in [0.15, 0.2) is 36.4 Å². The number of carbonyl (C=O) groups is 1. The molecule has 0 radical (unpaired) electrons. The molecule has 0 aliphatic carbocycles. The lowest BCUT2D eigenvalue weighted by molar-refractivity contribution is 0.101. The highest BCUT2D eigenvalue weighted by Gasteiger charge is 2.13. The third-order valence-electron chi connectivity index (χ3n) is 2.61. The van der Waals surface area contributed by atoms with Crippen LogP contribution in [0.5, 0.6) is 5.75 Å². The Balaban J connectivity index is 2.70. The molecule has 0 N–H and O–H groups in total. The molecule has 17 heavy (non-hydrogen) atoms. The van der Waals surface area contributed by atoms with Crippen molar-refractivity contribution in [1.29, 1.82) is 0 Å². The highest BCUT2D eigenvalue weighted by Crippen LogP contribution is 2.31. The van der Waals surface area contributed by atoms with Crippen molar-refractivity contribution in [3.63, 3.8) is 0 Å². The molecular formula is C15H16O2. The lowest BCUT2D eigenvalue weighted by atomic mass is 10.0. The van der Waals surface area contributed by atoms with Gasteiger partial charge in [-0.25, -0.2) is 0 Å². The molecule has 0 unspecified atom stereocenters. The summed E-state index contributed by atoms with van der Waals surface area (Å²) in [5.41, 5.74) is 0.650. The molecule has 0 saturated heterocycles. The van der Waals surface area contributed by atoms with Crippen molar-refractivity contribution in [2.75, 3.05) is 0 Å². The number of fused-ring (bicyclic) bond motifs is 1. The summed E-state index contributed by atoms with van der Waals surface area (Å²) in [5.74, 6) is 0.733. The van der Waals surface area contributed by atoms with E-state index in [1.54, 1.807) is 6.92 Å². The van der Waals surface area contributed by atoms with E-state index >= 15 is 0 Å². The first-order valence-electron chi connectivity index (χ1n) is 5.79. The van der Waals surface area contributed by atoms with Gasteiger partial charge in [-0.2, -0.15) is 0 Å². The first-order chi connectivity index (χ1) is 8.09. The number of hydrogen-bond acceptors (Lipinski definition) is 2. The van der Waals surface area contributed by atoms with Crippen LogP contribution in [0.25, 0.3) is 10.8 Å². The molecule has 2 nitrogen and oxygen atoms in total. The lowest BCUT2D eigenvalue weighted by Gasteiger charge is -2.15. The number of rotatable bonds is 3. The van der Waals surface area contributed by atoms with Gasteiger partial charge in [-0.3, -0.25) is 4.79 Å². The van der Waals surface area contributed by atoms with E-state index in [1.807, 2.05) is 50.2 Å². The second-order valence-corrected chi connectivity index (χ2v) is 4.39.